The van der Waals surface area contributed by atoms with E-state index in [1.165, 1.54) is 9.54 Å². The van der Waals surface area contributed by atoms with Crippen LogP contribution < -0.4 is 0 Å². The van der Waals surface area contributed by atoms with Gasteiger partial charge in [0.25, 0.3) is 10.0 Å². The summed E-state index contributed by atoms with van der Waals surface area (Å²) in [6.07, 6.45) is 2.36. The molecule has 0 aliphatic rings. The number of aromatic nitrogens is 1. The third-order valence-corrected chi connectivity index (χ3v) is 6.61. The Bertz CT molecular complexity index is 1220. The Hall–Kier alpha value is -2.54. The highest BCUT2D eigenvalue weighted by Crippen LogP contribution is 2.25. The van der Waals surface area contributed by atoms with E-state index in [-0.39, 0.29) is 4.90 Å². The molecule has 0 radical (unpaired) electrons. The maximum Gasteiger partial charge on any atom is 0.268 e. The van der Waals surface area contributed by atoms with Gasteiger partial charge in [-0.25, -0.2) is 12.4 Å². The zero-order chi connectivity index (χ0) is 19.6. The molecule has 4 nitrogen and oxygen atoms in total. The topological polar surface area (TPSA) is 48.3 Å². The standard InChI is InChI=1S/C22H19NO3S2/c24-28(25,21-8-2-1-3-9-21)23-13-12-19-15-17(10-11-22(19)23)14-18-6-4-5-7-20(18)16-26-27/h1-13,15,27H,14,16H2/p+1. The summed E-state index contributed by atoms with van der Waals surface area (Å²) >= 11 is 3.07. The Morgan fingerprint density at radius 2 is 1.57 bits per heavy atom. The molecule has 0 bridgehead atoms. The van der Waals surface area contributed by atoms with Crippen LogP contribution in [0.1, 0.15) is 16.7 Å². The molecule has 0 aliphatic carbocycles. The molecule has 0 unspecified atom stereocenters. The fourth-order valence-electron chi connectivity index (χ4n) is 3.36. The van der Waals surface area contributed by atoms with Crippen molar-refractivity contribution in [2.45, 2.75) is 17.9 Å². The summed E-state index contributed by atoms with van der Waals surface area (Å²) in [5.74, 6) is 0. The van der Waals surface area contributed by atoms with Crippen LogP contribution in [0.4, 0.5) is 0 Å². The molecule has 4 rings (SSSR count). The minimum atomic E-state index is -3.61. The van der Waals surface area contributed by atoms with Crippen molar-refractivity contribution in [1.29, 1.82) is 0 Å². The van der Waals surface area contributed by atoms with Gasteiger partial charge in [0, 0.05) is 11.6 Å². The first-order chi connectivity index (χ1) is 13.6. The molecule has 3 aromatic carbocycles. The number of hydrogen-bond donors (Lipinski definition) is 0. The van der Waals surface area contributed by atoms with Crippen LogP contribution in [0.5, 0.6) is 0 Å². The van der Waals surface area contributed by atoms with E-state index in [0.717, 1.165) is 22.9 Å². The van der Waals surface area contributed by atoms with Crippen LogP contribution in [0.2, 0.25) is 0 Å². The third kappa shape index (κ3) is 3.58. The first-order valence-electron chi connectivity index (χ1n) is 8.85. The zero-order valence-corrected chi connectivity index (χ0v) is 16.9. The van der Waals surface area contributed by atoms with Crippen LogP contribution in [0.25, 0.3) is 10.9 Å². The smallest absolute Gasteiger partial charge is 0.241 e. The number of nitrogens with zero attached hydrogens (tertiary/aromatic N) is 1. The second kappa shape index (κ2) is 7.83. The molecule has 142 valence electrons. The van der Waals surface area contributed by atoms with Crippen LogP contribution in [-0.2, 0) is 40.1 Å². The minimum absolute atomic E-state index is 0.278. The predicted octanol–water partition coefficient (Wildman–Crippen LogP) is 3.91. The molecule has 1 heterocycles. The van der Waals surface area contributed by atoms with Crippen molar-refractivity contribution in [2.24, 2.45) is 0 Å². The lowest BCUT2D eigenvalue weighted by molar-refractivity contribution is 0.367. The van der Waals surface area contributed by atoms with Crippen molar-refractivity contribution in [1.82, 2.24) is 3.97 Å². The van der Waals surface area contributed by atoms with E-state index < -0.39 is 10.0 Å². The van der Waals surface area contributed by atoms with Crippen LogP contribution in [0.3, 0.4) is 0 Å². The molecule has 28 heavy (non-hydrogen) atoms. The lowest BCUT2D eigenvalue weighted by Gasteiger charge is -2.09. The Balaban J connectivity index is 1.70. The van der Waals surface area contributed by atoms with Gasteiger partial charge < -0.3 is 0 Å². The van der Waals surface area contributed by atoms with Crippen LogP contribution in [0.15, 0.2) is 90.0 Å². The quantitative estimate of drug-likeness (QED) is 0.453. The number of hydrogen-bond acceptors (Lipinski definition) is 3. The van der Waals surface area contributed by atoms with Gasteiger partial charge >= 0.3 is 0 Å². The van der Waals surface area contributed by atoms with Crippen molar-refractivity contribution >= 4 is 33.8 Å². The van der Waals surface area contributed by atoms with Gasteiger partial charge in [0.2, 0.25) is 0 Å². The van der Waals surface area contributed by atoms with Crippen LogP contribution in [0, 0.1) is 0 Å². The van der Waals surface area contributed by atoms with E-state index in [1.54, 1.807) is 36.5 Å². The van der Waals surface area contributed by atoms with Gasteiger partial charge in [0.05, 0.1) is 10.4 Å². The molecule has 0 spiro atoms. The Morgan fingerprint density at radius 1 is 0.857 bits per heavy atom. The summed E-state index contributed by atoms with van der Waals surface area (Å²) < 4.78 is 32.3. The first-order valence-corrected chi connectivity index (χ1v) is 10.7. The average molecular weight is 411 g/mol. The summed E-state index contributed by atoms with van der Waals surface area (Å²) in [5, 5.41) is 0.894. The maximum absolute atomic E-state index is 12.9. The molecule has 0 saturated carbocycles. The summed E-state index contributed by atoms with van der Waals surface area (Å²) in [7, 11) is -3.61. The van der Waals surface area contributed by atoms with Crippen molar-refractivity contribution in [3.05, 3.63) is 102 Å². The van der Waals surface area contributed by atoms with E-state index in [4.69, 9.17) is 4.18 Å². The van der Waals surface area contributed by atoms with Crippen LogP contribution in [-0.4, -0.2) is 12.4 Å². The number of benzene rings is 3. The van der Waals surface area contributed by atoms with Crippen LogP contribution >= 0.6 is 0 Å². The molecular formula is C22H20NO3S2+. The summed E-state index contributed by atoms with van der Waals surface area (Å²) in [6, 6.07) is 24.3. The molecule has 1 aromatic heterocycles. The average Bonchev–Trinajstić information content (AvgIpc) is 3.14. The second-order valence-corrected chi connectivity index (χ2v) is 8.66. The fourth-order valence-corrected chi connectivity index (χ4v) is 4.89. The molecule has 0 amide bonds. The van der Waals surface area contributed by atoms with E-state index in [9.17, 15) is 8.42 Å². The molecule has 6 heteroatoms. The molecular weight excluding hydrogens is 390 g/mol. The lowest BCUT2D eigenvalue weighted by Crippen LogP contribution is -2.11. The van der Waals surface area contributed by atoms with Crippen molar-refractivity contribution in [3.8, 4) is 0 Å². The fraction of sp³-hybridized carbons (Fsp3) is 0.0909. The first kappa shape index (κ1) is 18.8. The number of fused-ring (bicyclic) bond motifs is 1. The molecule has 0 saturated heterocycles. The maximum atomic E-state index is 12.9. The third-order valence-electron chi connectivity index (χ3n) is 4.76. The zero-order valence-electron chi connectivity index (χ0n) is 15.1. The molecule has 4 aromatic rings. The van der Waals surface area contributed by atoms with Crippen molar-refractivity contribution < 1.29 is 12.6 Å². The SMILES string of the molecule is O=S(=O)(c1ccccc1)n1ccc2cc(Cc3ccccc3CO[SH2+])ccc21. The van der Waals surface area contributed by atoms with Gasteiger partial charge in [-0.3, -0.25) is 0 Å². The highest BCUT2D eigenvalue weighted by atomic mass is 32.2. The summed E-state index contributed by atoms with van der Waals surface area (Å²) in [6.45, 7) is 0.487. The monoisotopic (exact) mass is 410 g/mol. The highest BCUT2D eigenvalue weighted by molar-refractivity contribution is 7.90. The largest absolute Gasteiger partial charge is 0.268 e. The molecule has 0 aliphatic heterocycles. The Kier molecular flexibility index (Phi) is 5.26. The Morgan fingerprint density at radius 3 is 2.32 bits per heavy atom. The van der Waals surface area contributed by atoms with Crippen molar-refractivity contribution in [2.75, 3.05) is 0 Å². The number of rotatable bonds is 6. The van der Waals surface area contributed by atoms with Gasteiger partial charge in [-0.15, -0.1) is 0 Å². The molecule has 0 atom stereocenters. The summed E-state index contributed by atoms with van der Waals surface area (Å²) in [5.41, 5.74) is 4.08. The highest BCUT2D eigenvalue weighted by Gasteiger charge is 2.18. The van der Waals surface area contributed by atoms with Gasteiger partial charge in [-0.2, -0.15) is 4.18 Å². The lowest BCUT2D eigenvalue weighted by atomic mass is 9.99. The van der Waals surface area contributed by atoms with E-state index in [0.29, 0.717) is 12.1 Å². The molecule has 0 N–H and O–H groups in total. The normalized spacial score (nSPS) is 11.8. The predicted molar refractivity (Wildman–Crippen MR) is 115 cm³/mol. The van der Waals surface area contributed by atoms with Gasteiger partial charge in [-0.1, -0.05) is 48.5 Å². The minimum Gasteiger partial charge on any atom is -0.241 e. The van der Waals surface area contributed by atoms with Gasteiger partial charge in [0.1, 0.15) is 19.5 Å². The Labute approximate surface area is 170 Å². The van der Waals surface area contributed by atoms with Gasteiger partial charge in [-0.05, 0) is 53.4 Å². The second-order valence-electron chi connectivity index (χ2n) is 6.56. The molecule has 0 fully saturated rings. The van der Waals surface area contributed by atoms with E-state index in [2.05, 4.69) is 19.0 Å². The van der Waals surface area contributed by atoms with Crippen molar-refractivity contribution in [3.63, 3.8) is 0 Å². The summed E-state index contributed by atoms with van der Waals surface area (Å²) in [4.78, 5) is 0.278. The van der Waals surface area contributed by atoms with Gasteiger partial charge in [0.15, 0.2) is 0 Å². The van der Waals surface area contributed by atoms with E-state index in [1.807, 2.05) is 42.5 Å². The van der Waals surface area contributed by atoms with E-state index >= 15 is 0 Å².